The van der Waals surface area contributed by atoms with Gasteiger partial charge in [-0.05, 0) is 38.0 Å². The van der Waals surface area contributed by atoms with E-state index >= 15 is 0 Å². The number of methoxy groups -OCH3 is 1. The van der Waals surface area contributed by atoms with Crippen LogP contribution in [0.1, 0.15) is 24.4 Å². The minimum absolute atomic E-state index is 0.0560. The molecule has 4 nitrogen and oxygen atoms in total. The molecule has 4 aliphatic rings. The second-order valence-corrected chi connectivity index (χ2v) is 6.63. The van der Waals surface area contributed by atoms with E-state index in [0.717, 1.165) is 5.56 Å². The Morgan fingerprint density at radius 2 is 2.50 bits per heavy atom. The van der Waals surface area contributed by atoms with Crippen molar-refractivity contribution >= 4 is 0 Å². The van der Waals surface area contributed by atoms with E-state index in [-0.39, 0.29) is 29.8 Å². The number of aliphatic hydroxyl groups is 1. The Morgan fingerprint density at radius 1 is 1.55 bits per heavy atom. The molecule has 5 atom stereocenters. The van der Waals surface area contributed by atoms with E-state index in [1.165, 1.54) is 7.11 Å². The van der Waals surface area contributed by atoms with E-state index in [2.05, 4.69) is 0 Å². The number of likely N-dealkylation sites (N-methyl/N-ethyl adjacent to an activating group) is 1. The molecule has 4 heteroatoms. The summed E-state index contributed by atoms with van der Waals surface area (Å²) in [5.41, 5.74) is 0.942. The van der Waals surface area contributed by atoms with Crippen molar-refractivity contribution in [1.29, 1.82) is 1.43 Å². The second kappa shape index (κ2) is 4.06. The molecular formula is C18H21NO3. The number of nitrogens with zero attached hydrogens (tertiary/aromatic N) is 1. The fourth-order valence-electron chi connectivity index (χ4n) is 5.01. The van der Waals surface area contributed by atoms with Gasteiger partial charge in [0.15, 0.2) is 11.5 Å². The number of aliphatic hydroxyl groups excluding tert-OH is 1. The van der Waals surface area contributed by atoms with E-state index in [1.54, 1.807) is 11.0 Å². The molecule has 2 aliphatic carbocycles. The van der Waals surface area contributed by atoms with Gasteiger partial charge in [-0.1, -0.05) is 18.2 Å². The van der Waals surface area contributed by atoms with Crippen molar-refractivity contribution in [2.24, 2.45) is 5.92 Å². The van der Waals surface area contributed by atoms with Gasteiger partial charge >= 0.3 is 0 Å². The molecule has 1 saturated heterocycles. The first-order chi connectivity index (χ1) is 13.3. The van der Waals surface area contributed by atoms with Gasteiger partial charge in [0, 0.05) is 27.1 Å². The predicted octanol–water partition coefficient (Wildman–Crippen LogP) is 1.50. The standard InChI is InChI=1S/C18H21NO3/c1-19-8-7-18-11-4-5-13(20)17(18)22-16-14(21-2)6-3-10(15(16)18)9-12(11)19/h3-6,11-13,17,20H,7-9H2,1-2H3/t11-,12+,13?,17?,18-/m0/s1/i1D3,3D,6D,20D. The van der Waals surface area contributed by atoms with Gasteiger partial charge in [-0.2, -0.15) is 0 Å². The van der Waals surface area contributed by atoms with Gasteiger partial charge in [0.25, 0.3) is 0 Å². The van der Waals surface area contributed by atoms with E-state index in [4.69, 9.17) is 22.9 Å². The molecule has 1 fully saturated rings. The summed E-state index contributed by atoms with van der Waals surface area (Å²) < 4.78 is 60.1. The number of likely N-dealkylation sites (tertiary alicyclic amines) is 1. The zero-order valence-corrected chi connectivity index (χ0v) is 12.3. The Kier molecular flexibility index (Phi) is 1.54. The normalized spacial score (nSPS) is 45.5. The van der Waals surface area contributed by atoms with Crippen LogP contribution in [0.4, 0.5) is 0 Å². The van der Waals surface area contributed by atoms with Gasteiger partial charge < -0.3 is 19.5 Å². The molecule has 2 aliphatic heterocycles. The summed E-state index contributed by atoms with van der Waals surface area (Å²) in [6, 6.07) is -0.321. The summed E-state index contributed by atoms with van der Waals surface area (Å²) in [5, 5.41) is 4.94. The zero-order chi connectivity index (χ0) is 20.0. The third-order valence-electron chi connectivity index (χ3n) is 5.88. The number of ether oxygens (including phenoxy) is 2. The summed E-state index contributed by atoms with van der Waals surface area (Å²) in [4.78, 5) is 1.54. The molecule has 1 aromatic carbocycles. The average Bonchev–Trinajstić information content (AvgIpc) is 2.97. The van der Waals surface area contributed by atoms with Gasteiger partial charge in [-0.25, -0.2) is 0 Å². The van der Waals surface area contributed by atoms with Gasteiger partial charge in [0.2, 0.25) is 1.43 Å². The second-order valence-electron chi connectivity index (χ2n) is 6.63. The Morgan fingerprint density at radius 3 is 3.32 bits per heavy atom. The molecule has 116 valence electrons. The lowest BCUT2D eigenvalue weighted by Crippen LogP contribution is -2.64. The zero-order valence-electron chi connectivity index (χ0n) is 18.3. The van der Waals surface area contributed by atoms with Crippen LogP contribution in [0, 0.1) is 5.92 Å². The van der Waals surface area contributed by atoms with Crippen LogP contribution in [0.2, 0.25) is 0 Å². The topological polar surface area (TPSA) is 41.9 Å². The monoisotopic (exact) mass is 305 g/mol. The van der Waals surface area contributed by atoms with Crippen LogP contribution in [-0.4, -0.2) is 50.3 Å². The molecule has 1 spiro atoms. The molecule has 22 heavy (non-hydrogen) atoms. The number of hydrogen-bond donors (Lipinski definition) is 1. The van der Waals surface area contributed by atoms with Crippen LogP contribution in [-0.2, 0) is 11.8 Å². The predicted molar refractivity (Wildman–Crippen MR) is 82.5 cm³/mol. The highest BCUT2D eigenvalue weighted by Gasteiger charge is 2.64. The first kappa shape index (κ1) is 8.37. The summed E-state index contributed by atoms with van der Waals surface area (Å²) in [7, 11) is 1.45. The van der Waals surface area contributed by atoms with Crippen molar-refractivity contribution in [1.82, 2.24) is 4.90 Å². The highest BCUT2D eigenvalue weighted by molar-refractivity contribution is 5.62. The fourth-order valence-corrected chi connectivity index (χ4v) is 5.01. The van der Waals surface area contributed by atoms with Crippen LogP contribution < -0.4 is 9.47 Å². The fraction of sp³-hybridized carbons (Fsp3) is 0.556. The minimum Gasteiger partial charge on any atom is -0.493 e. The molecule has 2 heterocycles. The molecule has 0 saturated carbocycles. The van der Waals surface area contributed by atoms with Crippen molar-refractivity contribution in [2.45, 2.75) is 36.5 Å². The highest BCUT2D eigenvalue weighted by Crippen LogP contribution is 2.62. The van der Waals surface area contributed by atoms with Crippen LogP contribution in [0.15, 0.2) is 24.2 Å². The van der Waals surface area contributed by atoms with Crippen LogP contribution in [0.5, 0.6) is 11.5 Å². The molecule has 0 amide bonds. The maximum Gasteiger partial charge on any atom is 0.211 e. The van der Waals surface area contributed by atoms with Crippen molar-refractivity contribution in [3.63, 3.8) is 0 Å². The lowest BCUT2D eigenvalue weighted by Gasteiger charge is -2.56. The van der Waals surface area contributed by atoms with Gasteiger partial charge in [-0.15, -0.1) is 0 Å². The first-order valence-corrected chi connectivity index (χ1v) is 7.70. The smallest absolute Gasteiger partial charge is 0.211 e. The molecule has 0 aromatic heterocycles. The molecule has 2 unspecified atom stereocenters. The highest BCUT2D eigenvalue weighted by atomic mass is 16.5. The maximum atomic E-state index is 8.56. The Bertz CT molecular complexity index is 887. The lowest BCUT2D eigenvalue weighted by atomic mass is 9.53. The minimum atomic E-state index is -2.24. The first-order valence-electron chi connectivity index (χ1n) is 10.6. The molecule has 1 aromatic rings. The van der Waals surface area contributed by atoms with Crippen molar-refractivity contribution in [2.75, 3.05) is 20.6 Å². The van der Waals surface area contributed by atoms with Crippen LogP contribution in [0.3, 0.4) is 0 Å². The summed E-state index contributed by atoms with van der Waals surface area (Å²) in [6.45, 7) is -1.87. The number of benzene rings is 1. The molecule has 0 radical (unpaired) electrons. The van der Waals surface area contributed by atoms with E-state index in [1.807, 2.05) is 6.08 Å². The third-order valence-corrected chi connectivity index (χ3v) is 5.88. The Labute approximate surface area is 138 Å². The number of piperidine rings is 1. The van der Waals surface area contributed by atoms with Crippen LogP contribution in [0.25, 0.3) is 0 Å². The van der Waals surface area contributed by atoms with Crippen LogP contribution >= 0.6 is 0 Å². The molecule has 2 bridgehead atoms. The van der Waals surface area contributed by atoms with Gasteiger partial charge in [-0.3, -0.25) is 0 Å². The Balaban J connectivity index is 1.81. The quantitative estimate of drug-likeness (QED) is 0.841. The van der Waals surface area contributed by atoms with Gasteiger partial charge in [0.1, 0.15) is 12.2 Å². The van der Waals surface area contributed by atoms with E-state index in [0.29, 0.717) is 30.7 Å². The molecule has 1 N–H and O–H groups in total. The lowest BCUT2D eigenvalue weighted by molar-refractivity contribution is -0.0453. The van der Waals surface area contributed by atoms with Crippen molar-refractivity contribution < 1.29 is 21.4 Å². The number of hydrogen-bond acceptors (Lipinski definition) is 4. The van der Waals surface area contributed by atoms with Crippen molar-refractivity contribution in [3.8, 4) is 11.5 Å². The summed E-state index contributed by atoms with van der Waals surface area (Å²) >= 11 is 0. The van der Waals surface area contributed by atoms with E-state index < -0.39 is 24.6 Å². The molecular weight excluding hydrogens is 278 g/mol. The third kappa shape index (κ3) is 1.28. The Hall–Kier alpha value is -1.52. The maximum absolute atomic E-state index is 8.56. The largest absolute Gasteiger partial charge is 0.493 e. The van der Waals surface area contributed by atoms with Crippen molar-refractivity contribution in [3.05, 3.63) is 35.4 Å². The summed E-state index contributed by atoms with van der Waals surface area (Å²) in [6.07, 6.45) is 3.51. The summed E-state index contributed by atoms with van der Waals surface area (Å²) in [5.74, 6) is 0.555. The molecule has 5 rings (SSSR count). The van der Waals surface area contributed by atoms with E-state index in [9.17, 15) is 0 Å². The number of rotatable bonds is 2. The van der Waals surface area contributed by atoms with Gasteiger partial charge in [0.05, 0.1) is 9.85 Å². The SMILES string of the molecule is [2H]OC1C=C[C@H]2[C@H]3Cc4c([2H])c([2H])c(OC)c5c4[C@@]2(CCN3C([2H])([2H])[2H])C1O5. The average molecular weight is 305 g/mol.